The van der Waals surface area contributed by atoms with Crippen LogP contribution in [-0.4, -0.2) is 15.5 Å². The van der Waals surface area contributed by atoms with Gasteiger partial charge in [0.05, 0.1) is 0 Å². The van der Waals surface area contributed by atoms with E-state index in [4.69, 9.17) is 0 Å². The van der Waals surface area contributed by atoms with Gasteiger partial charge in [0.15, 0.2) is 0 Å². The number of carbonyl (C=O) groups is 1. The van der Waals surface area contributed by atoms with E-state index >= 15 is 0 Å². The van der Waals surface area contributed by atoms with E-state index in [1.807, 2.05) is 19.1 Å². The van der Waals surface area contributed by atoms with Crippen molar-refractivity contribution in [3.63, 3.8) is 0 Å². The highest BCUT2D eigenvalue weighted by Crippen LogP contribution is 1.98. The number of pyridine rings is 2. The number of aromatic nitrogens is 2. The third kappa shape index (κ3) is 3.28. The molecule has 0 atom stereocenters. The Labute approximate surface area is 110 Å². The van der Waals surface area contributed by atoms with E-state index in [-0.39, 0.29) is 11.5 Å². The first kappa shape index (κ1) is 13.0. The lowest BCUT2D eigenvalue weighted by atomic mass is 10.2. The average molecular weight is 257 g/mol. The Kier molecular flexibility index (Phi) is 4.07. The minimum absolute atomic E-state index is 0.170. The maximum Gasteiger partial charge on any atom is 0.251 e. The summed E-state index contributed by atoms with van der Waals surface area (Å²) in [6.45, 7) is 2.86. The molecule has 2 aromatic heterocycles. The van der Waals surface area contributed by atoms with Crippen molar-refractivity contribution in [3.8, 4) is 0 Å². The van der Waals surface area contributed by atoms with Crippen molar-refractivity contribution in [1.82, 2.24) is 14.9 Å². The fraction of sp³-hybridized carbons (Fsp3) is 0.214. The van der Waals surface area contributed by atoms with E-state index in [9.17, 15) is 9.59 Å². The van der Waals surface area contributed by atoms with Crippen molar-refractivity contribution in [2.75, 3.05) is 0 Å². The lowest BCUT2D eigenvalue weighted by molar-refractivity contribution is 0.0950. The normalized spacial score (nSPS) is 10.2. The van der Waals surface area contributed by atoms with E-state index in [1.165, 1.54) is 10.6 Å². The Balaban J connectivity index is 2.04. The van der Waals surface area contributed by atoms with E-state index in [2.05, 4.69) is 10.3 Å². The second-order valence-electron chi connectivity index (χ2n) is 4.08. The van der Waals surface area contributed by atoms with Crippen LogP contribution in [0.15, 0.2) is 47.7 Å². The van der Waals surface area contributed by atoms with Crippen molar-refractivity contribution >= 4 is 5.91 Å². The number of nitrogens with one attached hydrogen (secondary N) is 1. The highest BCUT2D eigenvalue weighted by molar-refractivity contribution is 5.93. The van der Waals surface area contributed by atoms with Gasteiger partial charge in [0.1, 0.15) is 0 Å². The maximum atomic E-state index is 11.9. The summed E-state index contributed by atoms with van der Waals surface area (Å²) in [5.74, 6) is -0.260. The summed E-state index contributed by atoms with van der Waals surface area (Å²) in [6.07, 6.45) is 4.99. The third-order valence-electron chi connectivity index (χ3n) is 2.77. The summed E-state index contributed by atoms with van der Waals surface area (Å²) in [5.41, 5.74) is 1.12. The zero-order valence-corrected chi connectivity index (χ0v) is 10.7. The molecule has 5 nitrogen and oxygen atoms in total. The first-order valence-corrected chi connectivity index (χ1v) is 6.08. The van der Waals surface area contributed by atoms with Crippen LogP contribution in [0.4, 0.5) is 0 Å². The first-order valence-electron chi connectivity index (χ1n) is 6.08. The SMILES string of the molecule is CCn1ccc(C(=O)NCc2cccnc2)cc1=O. The molecule has 0 aromatic carbocycles. The molecule has 0 aliphatic heterocycles. The summed E-state index contributed by atoms with van der Waals surface area (Å²) in [6, 6.07) is 6.68. The van der Waals surface area contributed by atoms with E-state index in [1.54, 1.807) is 24.7 Å². The van der Waals surface area contributed by atoms with Gasteiger partial charge in [-0.2, -0.15) is 0 Å². The minimum atomic E-state index is -0.260. The van der Waals surface area contributed by atoms with Gasteiger partial charge >= 0.3 is 0 Å². The molecule has 0 saturated heterocycles. The first-order chi connectivity index (χ1) is 9.20. The molecule has 0 spiro atoms. The lowest BCUT2D eigenvalue weighted by Crippen LogP contribution is -2.26. The van der Waals surface area contributed by atoms with E-state index < -0.39 is 0 Å². The lowest BCUT2D eigenvalue weighted by Gasteiger charge is -2.06. The maximum absolute atomic E-state index is 11.9. The second-order valence-corrected chi connectivity index (χ2v) is 4.08. The van der Waals surface area contributed by atoms with Gasteiger partial charge < -0.3 is 9.88 Å². The molecule has 0 saturated carbocycles. The standard InChI is InChI=1S/C14H15N3O2/c1-2-17-7-5-12(8-13(17)18)14(19)16-10-11-4-3-6-15-9-11/h3-9H,2,10H2,1H3,(H,16,19). The molecule has 19 heavy (non-hydrogen) atoms. The Hall–Kier alpha value is -2.43. The van der Waals surface area contributed by atoms with Crippen LogP contribution in [0.2, 0.25) is 0 Å². The molecule has 0 unspecified atom stereocenters. The number of nitrogens with zero attached hydrogens (tertiary/aromatic N) is 2. The molecule has 5 heteroatoms. The van der Waals surface area contributed by atoms with E-state index in [0.717, 1.165) is 5.56 Å². The van der Waals surface area contributed by atoms with Gasteiger partial charge in [0, 0.05) is 43.3 Å². The van der Waals surface area contributed by atoms with Crippen LogP contribution in [0.1, 0.15) is 22.8 Å². The molecule has 2 heterocycles. The molecule has 98 valence electrons. The zero-order chi connectivity index (χ0) is 13.7. The predicted molar refractivity (Wildman–Crippen MR) is 71.8 cm³/mol. The second kappa shape index (κ2) is 5.95. The van der Waals surface area contributed by atoms with Crippen molar-refractivity contribution in [2.24, 2.45) is 0 Å². The highest BCUT2D eigenvalue weighted by Gasteiger charge is 2.06. The number of hydrogen-bond donors (Lipinski definition) is 1. The van der Waals surface area contributed by atoms with Gasteiger partial charge in [-0.05, 0) is 24.6 Å². The van der Waals surface area contributed by atoms with Gasteiger partial charge in [-0.25, -0.2) is 0 Å². The Bertz CT molecular complexity index is 620. The van der Waals surface area contributed by atoms with Gasteiger partial charge in [-0.1, -0.05) is 6.07 Å². The number of aryl methyl sites for hydroxylation is 1. The molecule has 1 amide bonds. The molecule has 1 N–H and O–H groups in total. The predicted octanol–water partition coefficient (Wildman–Crippen LogP) is 1.19. The Morgan fingerprint density at radius 3 is 2.89 bits per heavy atom. The highest BCUT2D eigenvalue weighted by atomic mass is 16.2. The Morgan fingerprint density at radius 1 is 1.42 bits per heavy atom. The quantitative estimate of drug-likeness (QED) is 0.895. The smallest absolute Gasteiger partial charge is 0.251 e. The summed E-state index contributed by atoms with van der Waals surface area (Å²) >= 11 is 0. The van der Waals surface area contributed by atoms with Crippen LogP contribution >= 0.6 is 0 Å². The molecule has 2 rings (SSSR count). The molecule has 0 aliphatic rings. The molecular formula is C14H15N3O2. The van der Waals surface area contributed by atoms with Crippen molar-refractivity contribution in [2.45, 2.75) is 20.0 Å². The fourth-order valence-corrected chi connectivity index (χ4v) is 1.70. The van der Waals surface area contributed by atoms with Gasteiger partial charge in [-0.3, -0.25) is 14.6 Å². The van der Waals surface area contributed by atoms with E-state index in [0.29, 0.717) is 18.7 Å². The van der Waals surface area contributed by atoms with Crippen molar-refractivity contribution < 1.29 is 4.79 Å². The summed E-state index contributed by atoms with van der Waals surface area (Å²) in [7, 11) is 0. The molecular weight excluding hydrogens is 242 g/mol. The zero-order valence-electron chi connectivity index (χ0n) is 10.7. The van der Waals surface area contributed by atoms with Gasteiger partial charge in [-0.15, -0.1) is 0 Å². The van der Waals surface area contributed by atoms with Crippen LogP contribution < -0.4 is 10.9 Å². The largest absolute Gasteiger partial charge is 0.348 e. The van der Waals surface area contributed by atoms with Gasteiger partial charge in [0.25, 0.3) is 11.5 Å². The van der Waals surface area contributed by atoms with Crippen molar-refractivity contribution in [3.05, 3.63) is 64.3 Å². The summed E-state index contributed by atoms with van der Waals surface area (Å²) in [4.78, 5) is 27.5. The van der Waals surface area contributed by atoms with Gasteiger partial charge in [0.2, 0.25) is 0 Å². The minimum Gasteiger partial charge on any atom is -0.348 e. The molecule has 0 aliphatic carbocycles. The van der Waals surface area contributed by atoms with Crippen molar-refractivity contribution in [1.29, 1.82) is 0 Å². The monoisotopic (exact) mass is 257 g/mol. The Morgan fingerprint density at radius 2 is 2.26 bits per heavy atom. The molecule has 0 fully saturated rings. The van der Waals surface area contributed by atoms with Crippen LogP contribution in [0.25, 0.3) is 0 Å². The fourth-order valence-electron chi connectivity index (χ4n) is 1.70. The molecule has 0 radical (unpaired) electrons. The molecule has 2 aromatic rings. The van der Waals surface area contributed by atoms with Crippen LogP contribution in [0, 0.1) is 0 Å². The van der Waals surface area contributed by atoms with Crippen LogP contribution in [-0.2, 0) is 13.1 Å². The van der Waals surface area contributed by atoms with Crippen LogP contribution in [0.3, 0.4) is 0 Å². The number of rotatable bonds is 4. The van der Waals surface area contributed by atoms with Crippen LogP contribution in [0.5, 0.6) is 0 Å². The third-order valence-corrected chi connectivity index (χ3v) is 2.77. The summed E-state index contributed by atoms with van der Waals surface area (Å²) in [5, 5.41) is 2.75. The number of amides is 1. The topological polar surface area (TPSA) is 64.0 Å². The average Bonchev–Trinajstić information content (AvgIpc) is 2.45. The summed E-state index contributed by atoms with van der Waals surface area (Å²) < 4.78 is 1.54. The number of hydrogen-bond acceptors (Lipinski definition) is 3. The number of carbonyl (C=O) groups excluding carboxylic acids is 1. The molecule has 0 bridgehead atoms.